The molecule has 3 amide bonds. The summed E-state index contributed by atoms with van der Waals surface area (Å²) in [5, 5.41) is 17.4. The zero-order chi connectivity index (χ0) is 42.7. The number of benzene rings is 2. The summed E-state index contributed by atoms with van der Waals surface area (Å²) in [5.74, 6) is 0.0397. The number of aliphatic hydroxyl groups is 1. The number of amides is 3. The molecule has 1 unspecified atom stereocenters. The smallest absolute Gasteiger partial charge is 0.278 e. The van der Waals surface area contributed by atoms with Crippen LogP contribution in [0.1, 0.15) is 72.6 Å². The number of aromatic nitrogens is 5. The Hall–Kier alpha value is -6.39. The number of fused-ring (bicyclic) bond motifs is 3. The van der Waals surface area contributed by atoms with Gasteiger partial charge in [-0.1, -0.05) is 25.1 Å². The van der Waals surface area contributed by atoms with Crippen LogP contribution in [-0.4, -0.2) is 108 Å². The lowest BCUT2D eigenvalue weighted by atomic mass is 9.98. The molecule has 3 aromatic heterocycles. The summed E-state index contributed by atoms with van der Waals surface area (Å²) >= 11 is 0. The lowest BCUT2D eigenvalue weighted by Crippen LogP contribution is -2.53. The predicted molar refractivity (Wildman–Crippen MR) is 235 cm³/mol. The molecule has 3 saturated heterocycles. The zero-order valence-electron chi connectivity index (χ0n) is 34.9. The first-order valence-electron chi connectivity index (χ1n) is 21.8. The van der Waals surface area contributed by atoms with E-state index in [9.17, 15) is 24.3 Å². The first-order chi connectivity index (χ1) is 30.1. The third kappa shape index (κ3) is 6.90. The molecule has 5 aliphatic rings. The number of anilines is 4. The number of allylic oxidation sites excluding steroid dienone is 1. The third-order valence-corrected chi connectivity index (χ3v) is 13.7. The Kier molecular flexibility index (Phi) is 10.1. The zero-order valence-corrected chi connectivity index (χ0v) is 34.9. The van der Waals surface area contributed by atoms with E-state index in [4.69, 9.17) is 9.97 Å². The van der Waals surface area contributed by atoms with Crippen molar-refractivity contribution >= 4 is 51.8 Å². The number of nitrogens with zero attached hydrogens (tertiary/aromatic N) is 9. The van der Waals surface area contributed by atoms with Crippen molar-refractivity contribution in [2.24, 2.45) is 0 Å². The van der Waals surface area contributed by atoms with Crippen molar-refractivity contribution < 1.29 is 19.5 Å². The van der Waals surface area contributed by atoms with E-state index >= 15 is 0 Å². The van der Waals surface area contributed by atoms with Crippen LogP contribution in [0.15, 0.2) is 78.2 Å². The summed E-state index contributed by atoms with van der Waals surface area (Å²) in [6.07, 6.45) is 7.86. The lowest BCUT2D eigenvalue weighted by molar-refractivity contribution is -0.136. The Morgan fingerprint density at radius 3 is 2.45 bits per heavy atom. The fourth-order valence-electron chi connectivity index (χ4n) is 10.2. The van der Waals surface area contributed by atoms with Gasteiger partial charge in [0.05, 0.1) is 12.2 Å². The SMILES string of the molecule is C=CCn1c(=O)c2cnc(Nc3ccc(N4CCC(N5CCN(c6cccc7c6CN(C6CCC(=O)NC6=O)C7=O)CC5)CC4)cc3)nc2n1-c1ccc2c(n1)[C@@](O)(CC)CC2. The molecule has 0 spiro atoms. The second kappa shape index (κ2) is 15.8. The molecule has 10 rings (SSSR count). The molecule has 62 heavy (non-hydrogen) atoms. The van der Waals surface area contributed by atoms with Crippen LogP contribution in [0.25, 0.3) is 16.9 Å². The minimum Gasteiger partial charge on any atom is -0.384 e. The summed E-state index contributed by atoms with van der Waals surface area (Å²) in [7, 11) is 0. The van der Waals surface area contributed by atoms with Gasteiger partial charge in [0.1, 0.15) is 17.0 Å². The molecule has 0 radical (unpaired) electrons. The van der Waals surface area contributed by atoms with Crippen LogP contribution in [0.2, 0.25) is 0 Å². The molecule has 1 aliphatic carbocycles. The number of imide groups is 1. The molecule has 7 heterocycles. The molecular formula is C46H51N11O5. The Labute approximate surface area is 358 Å². The molecule has 3 fully saturated rings. The second-order valence-corrected chi connectivity index (χ2v) is 17.1. The first-order valence-corrected chi connectivity index (χ1v) is 21.8. The van der Waals surface area contributed by atoms with Gasteiger partial charge in [0.2, 0.25) is 17.8 Å². The van der Waals surface area contributed by atoms with Crippen molar-refractivity contribution in [2.45, 2.75) is 82.6 Å². The Bertz CT molecular complexity index is 2660. The minimum atomic E-state index is -0.999. The van der Waals surface area contributed by atoms with Crippen molar-refractivity contribution in [1.82, 2.24) is 39.4 Å². The fraction of sp³-hybridized carbons (Fsp3) is 0.413. The summed E-state index contributed by atoms with van der Waals surface area (Å²) in [5.41, 5.74) is 5.50. The molecule has 2 aromatic carbocycles. The molecule has 320 valence electrons. The van der Waals surface area contributed by atoms with Gasteiger partial charge < -0.3 is 25.1 Å². The number of rotatable bonds is 10. The van der Waals surface area contributed by atoms with Gasteiger partial charge >= 0.3 is 0 Å². The number of nitrogens with one attached hydrogen (secondary N) is 2. The van der Waals surface area contributed by atoms with Gasteiger partial charge in [-0.3, -0.25) is 29.4 Å². The van der Waals surface area contributed by atoms with Gasteiger partial charge in [-0.25, -0.2) is 19.3 Å². The van der Waals surface area contributed by atoms with E-state index < -0.39 is 11.6 Å². The number of piperidine rings is 2. The van der Waals surface area contributed by atoms with Gasteiger partial charge in [-0.2, -0.15) is 4.98 Å². The molecule has 0 saturated carbocycles. The van der Waals surface area contributed by atoms with E-state index in [0.717, 1.165) is 86.7 Å². The Morgan fingerprint density at radius 1 is 0.919 bits per heavy atom. The van der Waals surface area contributed by atoms with Crippen LogP contribution in [0.5, 0.6) is 0 Å². The van der Waals surface area contributed by atoms with Crippen LogP contribution < -0.4 is 26.0 Å². The summed E-state index contributed by atoms with van der Waals surface area (Å²) in [4.78, 5) is 74.6. The van der Waals surface area contributed by atoms with Crippen molar-refractivity contribution in [3.8, 4) is 5.82 Å². The molecule has 16 nitrogen and oxygen atoms in total. The van der Waals surface area contributed by atoms with E-state index in [1.54, 1.807) is 26.5 Å². The van der Waals surface area contributed by atoms with E-state index in [2.05, 4.69) is 55.1 Å². The van der Waals surface area contributed by atoms with Crippen LogP contribution in [-0.2, 0) is 34.7 Å². The van der Waals surface area contributed by atoms with Crippen molar-refractivity contribution in [3.63, 3.8) is 0 Å². The Morgan fingerprint density at radius 2 is 1.71 bits per heavy atom. The monoisotopic (exact) mass is 837 g/mol. The van der Waals surface area contributed by atoms with Crippen LogP contribution in [0, 0.1) is 0 Å². The molecule has 2 atom stereocenters. The van der Waals surface area contributed by atoms with Gasteiger partial charge in [-0.05, 0) is 86.6 Å². The average molecular weight is 838 g/mol. The van der Waals surface area contributed by atoms with Crippen LogP contribution >= 0.6 is 0 Å². The normalized spacial score (nSPS) is 22.0. The van der Waals surface area contributed by atoms with E-state index in [0.29, 0.717) is 65.9 Å². The largest absolute Gasteiger partial charge is 0.384 e. The standard InChI is InChI=1S/C46H51N11O5/c1-3-20-56-44(61)34-27-47-45(51-41(34)57(56)38-14-8-29-16-19-46(62,4-2)40(29)49-38)48-30-9-11-31(12-10-30)52-21-17-32(18-22-52)53-23-25-54(26-24-53)36-7-5-6-33-35(36)28-55(43(33)60)37-13-15-39(58)50-42(37)59/h3,5-12,14,27,32,37,62H,1,4,13,15-26,28H2,2H3,(H,47,48,51)(H,50,58,59)/t37?,46-/m1/s1. The number of carbonyl (C=O) groups is 3. The number of aryl methyl sites for hydroxylation is 1. The highest BCUT2D eigenvalue weighted by atomic mass is 16.3. The quantitative estimate of drug-likeness (QED) is 0.137. The maximum Gasteiger partial charge on any atom is 0.278 e. The van der Waals surface area contributed by atoms with Gasteiger partial charge in [-0.15, -0.1) is 6.58 Å². The first kappa shape index (κ1) is 39.7. The van der Waals surface area contributed by atoms with Gasteiger partial charge in [0, 0.05) is 92.7 Å². The number of pyridine rings is 1. The van der Waals surface area contributed by atoms with Crippen LogP contribution in [0.3, 0.4) is 0 Å². The minimum absolute atomic E-state index is 0.139. The van der Waals surface area contributed by atoms with Gasteiger partial charge in [0.25, 0.3) is 11.5 Å². The highest BCUT2D eigenvalue weighted by molar-refractivity contribution is 6.06. The number of hydrogen-bond acceptors (Lipinski definition) is 12. The third-order valence-electron chi connectivity index (χ3n) is 13.7. The average Bonchev–Trinajstić information content (AvgIpc) is 3.91. The van der Waals surface area contributed by atoms with Crippen molar-refractivity contribution in [3.05, 3.63) is 106 Å². The number of hydrogen-bond donors (Lipinski definition) is 3. The van der Waals surface area contributed by atoms with E-state index in [-0.39, 0.29) is 36.2 Å². The molecule has 4 aliphatic heterocycles. The summed E-state index contributed by atoms with van der Waals surface area (Å²) in [6.45, 7) is 12.0. The van der Waals surface area contributed by atoms with E-state index in [1.807, 2.05) is 43.3 Å². The predicted octanol–water partition coefficient (Wildman–Crippen LogP) is 4.00. The highest BCUT2D eigenvalue weighted by Gasteiger charge is 2.41. The van der Waals surface area contributed by atoms with Gasteiger partial charge in [0.15, 0.2) is 11.5 Å². The molecule has 16 heteroatoms. The second-order valence-electron chi connectivity index (χ2n) is 17.1. The Balaban J connectivity index is 0.767. The van der Waals surface area contributed by atoms with Crippen molar-refractivity contribution in [1.29, 1.82) is 0 Å². The number of carbonyl (C=O) groups excluding carboxylic acids is 3. The lowest BCUT2D eigenvalue weighted by Gasteiger charge is -2.44. The molecular weight excluding hydrogens is 787 g/mol. The maximum absolute atomic E-state index is 13.6. The van der Waals surface area contributed by atoms with Crippen LogP contribution in [0.4, 0.5) is 23.0 Å². The number of piperazine rings is 1. The molecule has 5 aromatic rings. The molecule has 0 bridgehead atoms. The van der Waals surface area contributed by atoms with Crippen molar-refractivity contribution in [2.75, 3.05) is 54.4 Å². The summed E-state index contributed by atoms with van der Waals surface area (Å²) in [6, 6.07) is 17.9. The fourth-order valence-corrected chi connectivity index (χ4v) is 10.2. The maximum atomic E-state index is 13.6. The topological polar surface area (TPSA) is 174 Å². The molecule has 3 N–H and O–H groups in total. The summed E-state index contributed by atoms with van der Waals surface area (Å²) < 4.78 is 3.25. The van der Waals surface area contributed by atoms with E-state index in [1.165, 1.54) is 0 Å². The highest BCUT2D eigenvalue weighted by Crippen LogP contribution is 2.39.